The van der Waals surface area contributed by atoms with Crippen LogP contribution in [0.3, 0.4) is 0 Å². The number of hydrogen-bond donors (Lipinski definition) is 2. The van der Waals surface area contributed by atoms with Gasteiger partial charge in [0, 0.05) is 12.7 Å². The third-order valence-electron chi connectivity index (χ3n) is 3.90. The molecule has 2 aromatic rings. The Kier molecular flexibility index (Phi) is 8.30. The molecule has 0 spiro atoms. The van der Waals surface area contributed by atoms with E-state index in [0.29, 0.717) is 36.2 Å². The van der Waals surface area contributed by atoms with Gasteiger partial charge in [0.25, 0.3) is 11.8 Å². The highest BCUT2D eigenvalue weighted by atomic mass is 16.5. The molecule has 7 heteroatoms. The van der Waals surface area contributed by atoms with Gasteiger partial charge >= 0.3 is 0 Å². The first-order valence-corrected chi connectivity index (χ1v) is 9.03. The van der Waals surface area contributed by atoms with Crippen LogP contribution in [0.2, 0.25) is 0 Å². The first-order chi connectivity index (χ1) is 13.5. The highest BCUT2D eigenvalue weighted by Gasteiger charge is 2.08. The fraction of sp³-hybridized carbons (Fsp3) is 0.333. The molecule has 0 atom stereocenters. The molecule has 28 heavy (non-hydrogen) atoms. The second kappa shape index (κ2) is 10.9. The topological polar surface area (TPSA) is 85.9 Å². The molecule has 7 nitrogen and oxygen atoms in total. The Morgan fingerprint density at radius 3 is 2.07 bits per heavy atom. The maximum Gasteiger partial charge on any atom is 0.276 e. The quantitative estimate of drug-likeness (QED) is 0.511. The van der Waals surface area contributed by atoms with Gasteiger partial charge in [-0.1, -0.05) is 26.0 Å². The van der Waals surface area contributed by atoms with Gasteiger partial charge < -0.3 is 14.2 Å². The summed E-state index contributed by atoms with van der Waals surface area (Å²) in [5.41, 5.74) is 6.26. The number of amides is 2. The first-order valence-electron chi connectivity index (χ1n) is 9.03. The molecule has 2 N–H and O–H groups in total. The number of carbonyl (C=O) groups is 2. The van der Waals surface area contributed by atoms with E-state index in [1.54, 1.807) is 31.4 Å². The smallest absolute Gasteiger partial charge is 0.276 e. The zero-order valence-electron chi connectivity index (χ0n) is 16.4. The Bertz CT molecular complexity index is 757. The van der Waals surface area contributed by atoms with Crippen LogP contribution in [0.25, 0.3) is 0 Å². The summed E-state index contributed by atoms with van der Waals surface area (Å²) in [5, 5.41) is 0. The van der Waals surface area contributed by atoms with Gasteiger partial charge in [-0.15, -0.1) is 0 Å². The average Bonchev–Trinajstić information content (AvgIpc) is 2.71. The lowest BCUT2D eigenvalue weighted by atomic mass is 10.0. The van der Waals surface area contributed by atoms with Crippen LogP contribution in [0.1, 0.15) is 35.7 Å². The van der Waals surface area contributed by atoms with Crippen molar-refractivity contribution in [2.75, 3.05) is 26.9 Å². The van der Waals surface area contributed by atoms with Crippen molar-refractivity contribution >= 4 is 11.8 Å². The molecule has 0 radical (unpaired) electrons. The number of nitrogens with one attached hydrogen (secondary N) is 2. The lowest BCUT2D eigenvalue weighted by Gasteiger charge is -2.10. The highest BCUT2D eigenvalue weighted by molar-refractivity contribution is 5.95. The molecular formula is C21H26N2O5. The molecule has 2 amide bonds. The van der Waals surface area contributed by atoms with Gasteiger partial charge in [-0.3, -0.25) is 20.4 Å². The molecular weight excluding hydrogens is 360 g/mol. The van der Waals surface area contributed by atoms with E-state index in [2.05, 4.69) is 24.7 Å². The summed E-state index contributed by atoms with van der Waals surface area (Å²) in [6.45, 7) is 4.92. The first kappa shape index (κ1) is 21.2. The minimum absolute atomic E-state index is 0.201. The number of ether oxygens (including phenoxy) is 3. The number of methoxy groups -OCH3 is 1. The average molecular weight is 386 g/mol. The zero-order chi connectivity index (χ0) is 20.4. The van der Waals surface area contributed by atoms with Crippen molar-refractivity contribution in [3.63, 3.8) is 0 Å². The summed E-state index contributed by atoms with van der Waals surface area (Å²) in [4.78, 5) is 23.9. The molecule has 0 heterocycles. The lowest BCUT2D eigenvalue weighted by molar-refractivity contribution is -0.123. The summed E-state index contributed by atoms with van der Waals surface area (Å²) >= 11 is 0. The van der Waals surface area contributed by atoms with Crippen molar-refractivity contribution < 1.29 is 23.8 Å². The fourth-order valence-corrected chi connectivity index (χ4v) is 2.28. The third-order valence-corrected chi connectivity index (χ3v) is 3.90. The minimum Gasteiger partial charge on any atom is -0.491 e. The fourth-order valence-electron chi connectivity index (χ4n) is 2.28. The SMILES string of the molecule is COCCOc1ccc(C(=O)NNC(=O)COc2ccc(C(C)C)cc2)cc1. The van der Waals surface area contributed by atoms with Crippen LogP contribution in [-0.2, 0) is 9.53 Å². The van der Waals surface area contributed by atoms with E-state index in [1.165, 1.54) is 5.56 Å². The molecule has 0 aliphatic heterocycles. The number of benzene rings is 2. The molecule has 0 fully saturated rings. The Balaban J connectivity index is 1.73. The van der Waals surface area contributed by atoms with E-state index < -0.39 is 11.8 Å². The molecule has 2 aromatic carbocycles. The maximum absolute atomic E-state index is 12.1. The van der Waals surface area contributed by atoms with Gasteiger partial charge in [0.05, 0.1) is 6.61 Å². The summed E-state index contributed by atoms with van der Waals surface area (Å²) in [6.07, 6.45) is 0. The van der Waals surface area contributed by atoms with Crippen LogP contribution < -0.4 is 20.3 Å². The van der Waals surface area contributed by atoms with Crippen LogP contribution in [0.5, 0.6) is 11.5 Å². The molecule has 0 aromatic heterocycles. The second-order valence-corrected chi connectivity index (χ2v) is 6.38. The van der Waals surface area contributed by atoms with Gasteiger partial charge in [-0.25, -0.2) is 0 Å². The van der Waals surface area contributed by atoms with Gasteiger partial charge in [-0.05, 0) is 47.9 Å². The number of rotatable bonds is 9. The Hall–Kier alpha value is -3.06. The monoisotopic (exact) mass is 386 g/mol. The summed E-state index contributed by atoms with van der Waals surface area (Å²) in [6, 6.07) is 14.1. The summed E-state index contributed by atoms with van der Waals surface area (Å²) in [5.74, 6) is 0.766. The Morgan fingerprint density at radius 1 is 0.857 bits per heavy atom. The van der Waals surface area contributed by atoms with Crippen LogP contribution >= 0.6 is 0 Å². The van der Waals surface area contributed by atoms with Crippen molar-refractivity contribution in [1.82, 2.24) is 10.9 Å². The van der Waals surface area contributed by atoms with E-state index in [9.17, 15) is 9.59 Å². The molecule has 0 unspecified atom stereocenters. The van der Waals surface area contributed by atoms with Gasteiger partial charge in [-0.2, -0.15) is 0 Å². The van der Waals surface area contributed by atoms with Crippen LogP contribution in [-0.4, -0.2) is 38.7 Å². The largest absolute Gasteiger partial charge is 0.491 e. The van der Waals surface area contributed by atoms with Crippen molar-refractivity contribution in [2.24, 2.45) is 0 Å². The van der Waals surface area contributed by atoms with Crippen LogP contribution in [0, 0.1) is 0 Å². The number of carbonyl (C=O) groups excluding carboxylic acids is 2. The predicted octanol–water partition coefficient (Wildman–Crippen LogP) is 2.68. The van der Waals surface area contributed by atoms with E-state index in [4.69, 9.17) is 14.2 Å². The molecule has 0 saturated heterocycles. The summed E-state index contributed by atoms with van der Waals surface area (Å²) in [7, 11) is 1.60. The van der Waals surface area contributed by atoms with Crippen LogP contribution in [0.15, 0.2) is 48.5 Å². The standard InChI is InChI=1S/C21H26N2O5/c1-15(2)16-4-8-19(9-5-16)28-14-20(24)22-23-21(25)17-6-10-18(11-7-17)27-13-12-26-3/h4-11,15H,12-14H2,1-3H3,(H,22,24)(H,23,25). The molecule has 0 aliphatic carbocycles. The van der Waals surface area contributed by atoms with Crippen molar-refractivity contribution in [3.8, 4) is 11.5 Å². The van der Waals surface area contributed by atoms with E-state index >= 15 is 0 Å². The minimum atomic E-state index is -0.458. The number of hydrogen-bond acceptors (Lipinski definition) is 5. The van der Waals surface area contributed by atoms with Gasteiger partial charge in [0.2, 0.25) is 0 Å². The van der Waals surface area contributed by atoms with Crippen molar-refractivity contribution in [1.29, 1.82) is 0 Å². The summed E-state index contributed by atoms with van der Waals surface area (Å²) < 4.78 is 15.7. The van der Waals surface area contributed by atoms with Crippen LogP contribution in [0.4, 0.5) is 0 Å². The van der Waals surface area contributed by atoms with E-state index in [1.807, 2.05) is 24.3 Å². The highest BCUT2D eigenvalue weighted by Crippen LogP contribution is 2.18. The molecule has 2 rings (SSSR count). The lowest BCUT2D eigenvalue weighted by Crippen LogP contribution is -2.43. The third kappa shape index (κ3) is 6.92. The molecule has 0 saturated carbocycles. The maximum atomic E-state index is 12.1. The predicted molar refractivity (Wildman–Crippen MR) is 105 cm³/mol. The Morgan fingerprint density at radius 2 is 1.46 bits per heavy atom. The van der Waals surface area contributed by atoms with E-state index in [0.717, 1.165) is 0 Å². The van der Waals surface area contributed by atoms with E-state index in [-0.39, 0.29) is 6.61 Å². The molecule has 0 bridgehead atoms. The van der Waals surface area contributed by atoms with Gasteiger partial charge in [0.1, 0.15) is 18.1 Å². The van der Waals surface area contributed by atoms with Crippen molar-refractivity contribution in [2.45, 2.75) is 19.8 Å². The second-order valence-electron chi connectivity index (χ2n) is 6.38. The Labute approximate surface area is 165 Å². The molecule has 150 valence electrons. The normalized spacial score (nSPS) is 10.4. The van der Waals surface area contributed by atoms with Gasteiger partial charge in [0.15, 0.2) is 6.61 Å². The zero-order valence-corrected chi connectivity index (χ0v) is 16.4. The van der Waals surface area contributed by atoms with Crippen molar-refractivity contribution in [3.05, 3.63) is 59.7 Å². The molecule has 0 aliphatic rings. The number of hydrazine groups is 1.